The Kier molecular flexibility index (Phi) is 6.41. The zero-order valence-electron chi connectivity index (χ0n) is 14.4. The lowest BCUT2D eigenvalue weighted by molar-refractivity contribution is -0.696. The van der Waals surface area contributed by atoms with E-state index in [1.807, 2.05) is 11.6 Å². The smallest absolute Gasteiger partial charge is 0.377 e. The van der Waals surface area contributed by atoms with Crippen LogP contribution in [0.15, 0.2) is 49.1 Å². The average molecular weight is 334 g/mol. The molecule has 2 aromatic rings. The van der Waals surface area contributed by atoms with Gasteiger partial charge in [-0.2, -0.15) is 0 Å². The Morgan fingerprint density at radius 1 is 0.826 bits per heavy atom. The number of hydrogen-bond donors (Lipinski definition) is 0. The molecule has 0 aliphatic carbocycles. The monoisotopic (exact) mass is 334 g/mol. The lowest BCUT2D eigenvalue weighted by atomic mass is 10.1. The second-order valence-electron chi connectivity index (χ2n) is 5.48. The molecule has 124 valence electrons. The molecule has 0 aliphatic heterocycles. The molecule has 0 saturated carbocycles. The largest absolute Gasteiger partial charge is 0.500 e. The van der Waals surface area contributed by atoms with Crippen molar-refractivity contribution in [1.82, 2.24) is 0 Å². The molecular weight excluding hydrogens is 308 g/mol. The number of pyridine rings is 2. The van der Waals surface area contributed by atoms with Crippen molar-refractivity contribution in [3.05, 3.63) is 49.1 Å². The summed E-state index contributed by atoms with van der Waals surface area (Å²) in [7, 11) is 4.53. The van der Waals surface area contributed by atoms with E-state index in [2.05, 4.69) is 53.6 Å². The summed E-state index contributed by atoms with van der Waals surface area (Å²) >= 11 is 0. The number of nitrogens with zero attached hydrogens (tertiary/aromatic N) is 2. The normalized spacial score (nSPS) is 11.7. The zero-order valence-corrected chi connectivity index (χ0v) is 15.4. The number of aryl methyl sites for hydroxylation is 2. The first-order valence-electron chi connectivity index (χ1n) is 7.72. The van der Waals surface area contributed by atoms with Crippen LogP contribution in [0.25, 0.3) is 11.1 Å². The predicted molar refractivity (Wildman–Crippen MR) is 89.5 cm³/mol. The van der Waals surface area contributed by atoms with Crippen molar-refractivity contribution in [3.63, 3.8) is 0 Å². The lowest BCUT2D eigenvalue weighted by Gasteiger charge is -2.23. The Morgan fingerprint density at radius 3 is 1.78 bits per heavy atom. The molecular formula is C17H26N2O3Si+2. The minimum Gasteiger partial charge on any atom is -0.377 e. The minimum atomic E-state index is -2.46. The van der Waals surface area contributed by atoms with Crippen LogP contribution in [-0.2, 0) is 26.9 Å². The molecule has 0 fully saturated rings. The molecule has 0 amide bonds. The zero-order chi connectivity index (χ0) is 16.7. The standard InChI is InChI=1S/C17H26N2O3Si/c1-18-11-6-16(7-12-18)17-8-13-19(14-9-17)10-5-15-23(20-2,21-3)22-4/h6-9,11-14H,5,10,15H2,1-4H3/q+2. The van der Waals surface area contributed by atoms with E-state index in [4.69, 9.17) is 13.3 Å². The molecule has 23 heavy (non-hydrogen) atoms. The third kappa shape index (κ3) is 4.68. The van der Waals surface area contributed by atoms with E-state index >= 15 is 0 Å². The van der Waals surface area contributed by atoms with E-state index < -0.39 is 8.80 Å². The summed E-state index contributed by atoms with van der Waals surface area (Å²) < 4.78 is 20.5. The van der Waals surface area contributed by atoms with Crippen LogP contribution >= 0.6 is 0 Å². The topological polar surface area (TPSA) is 35.5 Å². The summed E-state index contributed by atoms with van der Waals surface area (Å²) in [5.74, 6) is 0. The van der Waals surface area contributed by atoms with Gasteiger partial charge in [-0.1, -0.05) is 0 Å². The molecule has 2 rings (SSSR count). The van der Waals surface area contributed by atoms with Crippen LogP contribution in [0.1, 0.15) is 6.42 Å². The molecule has 0 spiro atoms. The Bertz CT molecular complexity index is 590. The van der Waals surface area contributed by atoms with Crippen LogP contribution in [0.5, 0.6) is 0 Å². The third-order valence-electron chi connectivity index (χ3n) is 4.04. The first-order valence-corrected chi connectivity index (χ1v) is 9.66. The van der Waals surface area contributed by atoms with Gasteiger partial charge in [-0.05, 0) is 11.1 Å². The summed E-state index contributed by atoms with van der Waals surface area (Å²) in [4.78, 5) is 0. The highest BCUT2D eigenvalue weighted by Gasteiger charge is 2.37. The van der Waals surface area contributed by atoms with Crippen molar-refractivity contribution in [2.45, 2.75) is 19.0 Å². The Balaban J connectivity index is 1.94. The van der Waals surface area contributed by atoms with Crippen LogP contribution in [-0.4, -0.2) is 30.1 Å². The van der Waals surface area contributed by atoms with Crippen LogP contribution in [0.3, 0.4) is 0 Å². The van der Waals surface area contributed by atoms with Gasteiger partial charge in [-0.25, -0.2) is 9.13 Å². The fourth-order valence-electron chi connectivity index (χ4n) is 2.53. The number of hydrogen-bond acceptors (Lipinski definition) is 3. The maximum Gasteiger partial charge on any atom is 0.500 e. The highest BCUT2D eigenvalue weighted by atomic mass is 28.4. The van der Waals surface area contributed by atoms with Crippen molar-refractivity contribution < 1.29 is 22.4 Å². The molecule has 0 bridgehead atoms. The van der Waals surface area contributed by atoms with Gasteiger partial charge in [-0.3, -0.25) is 0 Å². The van der Waals surface area contributed by atoms with E-state index in [0.29, 0.717) is 0 Å². The lowest BCUT2D eigenvalue weighted by Crippen LogP contribution is -2.44. The molecule has 0 unspecified atom stereocenters. The average Bonchev–Trinajstić information content (AvgIpc) is 2.61. The van der Waals surface area contributed by atoms with Crippen LogP contribution in [0.2, 0.25) is 6.04 Å². The van der Waals surface area contributed by atoms with Gasteiger partial charge in [0.15, 0.2) is 24.8 Å². The first kappa shape index (κ1) is 17.7. The summed E-state index contributed by atoms with van der Waals surface area (Å²) in [5, 5.41) is 0. The van der Waals surface area contributed by atoms with Gasteiger partial charge in [0.25, 0.3) is 0 Å². The van der Waals surface area contributed by atoms with Gasteiger partial charge in [-0.15, -0.1) is 0 Å². The van der Waals surface area contributed by atoms with E-state index in [9.17, 15) is 0 Å². The van der Waals surface area contributed by atoms with E-state index in [1.54, 1.807) is 21.3 Å². The maximum atomic E-state index is 5.44. The molecule has 2 aromatic heterocycles. The quantitative estimate of drug-likeness (QED) is 0.545. The van der Waals surface area contributed by atoms with E-state index in [1.165, 1.54) is 11.1 Å². The summed E-state index contributed by atoms with van der Waals surface area (Å²) in [5.41, 5.74) is 2.44. The van der Waals surface area contributed by atoms with Gasteiger partial charge in [0.05, 0.1) is 0 Å². The fraction of sp³-hybridized carbons (Fsp3) is 0.412. The predicted octanol–water partition coefficient (Wildman–Crippen LogP) is 1.73. The molecule has 2 heterocycles. The highest BCUT2D eigenvalue weighted by molar-refractivity contribution is 6.60. The molecule has 0 radical (unpaired) electrons. The van der Waals surface area contributed by atoms with Crippen LogP contribution in [0, 0.1) is 0 Å². The highest BCUT2D eigenvalue weighted by Crippen LogP contribution is 2.16. The Labute approximate surface area is 139 Å². The third-order valence-corrected chi connectivity index (χ3v) is 6.87. The Morgan fingerprint density at radius 2 is 1.30 bits per heavy atom. The van der Waals surface area contributed by atoms with E-state index in [-0.39, 0.29) is 0 Å². The molecule has 0 saturated heterocycles. The first-order chi connectivity index (χ1) is 11.1. The SMILES string of the molecule is CO[Si](CCC[n+]1ccc(-c2cc[n+](C)cc2)cc1)(OC)OC. The fourth-order valence-corrected chi connectivity index (χ4v) is 4.23. The summed E-state index contributed by atoms with van der Waals surface area (Å²) in [6.07, 6.45) is 9.28. The molecule has 0 aromatic carbocycles. The molecule has 0 N–H and O–H groups in total. The summed E-state index contributed by atoms with van der Waals surface area (Å²) in [6, 6.07) is 9.33. The van der Waals surface area contributed by atoms with Crippen molar-refractivity contribution in [3.8, 4) is 11.1 Å². The second kappa shape index (κ2) is 8.31. The van der Waals surface area contributed by atoms with Crippen molar-refractivity contribution in [2.75, 3.05) is 21.3 Å². The number of aromatic nitrogens is 2. The minimum absolute atomic E-state index is 0.806. The second-order valence-corrected chi connectivity index (χ2v) is 8.57. The van der Waals surface area contributed by atoms with Crippen molar-refractivity contribution in [2.24, 2.45) is 7.05 Å². The molecule has 0 aliphatic rings. The van der Waals surface area contributed by atoms with Crippen LogP contribution in [0.4, 0.5) is 0 Å². The molecule has 6 heteroatoms. The Hall–Kier alpha value is -1.60. The summed E-state index contributed by atoms with van der Waals surface area (Å²) in [6.45, 7) is 0.912. The molecule has 5 nitrogen and oxygen atoms in total. The van der Waals surface area contributed by atoms with Gasteiger partial charge >= 0.3 is 8.80 Å². The van der Waals surface area contributed by atoms with Gasteiger partial charge in [0.2, 0.25) is 0 Å². The van der Waals surface area contributed by atoms with Crippen molar-refractivity contribution in [1.29, 1.82) is 0 Å². The maximum absolute atomic E-state index is 5.44. The van der Waals surface area contributed by atoms with Gasteiger partial charge < -0.3 is 13.3 Å². The van der Waals surface area contributed by atoms with Crippen LogP contribution < -0.4 is 9.13 Å². The van der Waals surface area contributed by atoms with Gasteiger partial charge in [0, 0.05) is 58.1 Å². The van der Waals surface area contributed by atoms with Gasteiger partial charge in [0.1, 0.15) is 13.6 Å². The van der Waals surface area contributed by atoms with Crippen molar-refractivity contribution >= 4 is 8.80 Å². The molecule has 0 atom stereocenters. The van der Waals surface area contributed by atoms with E-state index in [0.717, 1.165) is 19.0 Å². The number of rotatable bonds is 8.